The topological polar surface area (TPSA) is 239 Å². The summed E-state index contributed by atoms with van der Waals surface area (Å²) in [5.41, 5.74) is 4.95. The van der Waals surface area contributed by atoms with Gasteiger partial charge in [0.1, 0.15) is 47.9 Å². The summed E-state index contributed by atoms with van der Waals surface area (Å²) < 4.78 is 45.4. The van der Waals surface area contributed by atoms with Crippen LogP contribution in [0.25, 0.3) is 0 Å². The summed E-state index contributed by atoms with van der Waals surface area (Å²) in [6, 6.07) is 6.31. The summed E-state index contributed by atoms with van der Waals surface area (Å²) in [4.78, 5) is 56.4. The maximum Gasteiger partial charge on any atom is 0.509 e. The minimum atomic E-state index is -2.57. The molecule has 0 aromatic heterocycles. The molecule has 1 heterocycles. The summed E-state index contributed by atoms with van der Waals surface area (Å²) in [7, 11) is 4.73. The number of carbonyl (C=O) groups excluding carboxylic acids is 3. The lowest BCUT2D eigenvalue weighted by Gasteiger charge is -2.29. The van der Waals surface area contributed by atoms with Crippen molar-refractivity contribution in [1.82, 2.24) is 10.6 Å². The second-order valence-corrected chi connectivity index (χ2v) is 19.0. The summed E-state index contributed by atoms with van der Waals surface area (Å²) in [6.07, 6.45) is 1.87. The molecule has 0 aliphatic carbocycles. The maximum atomic E-state index is 12.3. The van der Waals surface area contributed by atoms with Crippen LogP contribution in [0.2, 0.25) is 0 Å². The molecule has 1 radical (unpaired) electrons. The molecular formula is C35H49BN4O13PS5. The molecule has 24 heteroatoms. The SMILES string of the molecule is CC#CC(C)(OCC1O[C@@H]([B]C#CCNC(=O)COCCOC(COc2cccc(C(=O)NCCN)c2)SSC)C[C@H]1O[C@@H](COC(=O)OCSC#N)SSC)P(O)O. The predicted octanol–water partition coefficient (Wildman–Crippen LogP) is 3.12. The number of benzene rings is 1. The molecule has 6 N–H and O–H groups in total. The van der Waals surface area contributed by atoms with Crippen molar-refractivity contribution in [1.29, 1.82) is 5.26 Å². The largest absolute Gasteiger partial charge is 0.509 e. The number of nitrogens with zero attached hydrogens (tertiary/aromatic N) is 1. The molecule has 0 spiro atoms. The van der Waals surface area contributed by atoms with Gasteiger partial charge in [0.25, 0.3) is 13.2 Å². The molecule has 1 aliphatic rings. The number of nitrogens with two attached hydrogens (primary N) is 1. The van der Waals surface area contributed by atoms with Crippen LogP contribution >= 0.6 is 63.3 Å². The van der Waals surface area contributed by atoms with Crippen LogP contribution in [0, 0.1) is 34.2 Å². The van der Waals surface area contributed by atoms with Crippen LogP contribution in [-0.4, -0.2) is 147 Å². The van der Waals surface area contributed by atoms with Gasteiger partial charge in [-0.3, -0.25) is 9.59 Å². The zero-order valence-electron chi connectivity index (χ0n) is 32.9. The highest BCUT2D eigenvalue weighted by atomic mass is 33.1. The van der Waals surface area contributed by atoms with Gasteiger partial charge in [0.05, 0.1) is 32.5 Å². The minimum Gasteiger partial charge on any atom is -0.490 e. The molecule has 17 nitrogen and oxygen atoms in total. The molecule has 1 aliphatic heterocycles. The van der Waals surface area contributed by atoms with Crippen LogP contribution in [0.3, 0.4) is 0 Å². The van der Waals surface area contributed by atoms with E-state index in [1.165, 1.54) is 50.1 Å². The first-order valence-corrected chi connectivity index (χ1v) is 25.2. The normalized spacial score (nSPS) is 17.8. The first kappa shape index (κ1) is 52.9. The standard InChI is InChI=1S/C35H49BN4O13PS5/c1-5-10-35(2,54(44)45)51-19-28-27(53-32(59-56-4)22-49-34(43)50-24-57-23-38)18-29(52-28)36-11-7-13-39-30(41)20-46-15-16-47-31(58-55-3)21-48-26-9-6-8-25(17-26)33(42)40-14-12-37/h6,8-9,17,27-29,31-32,44-45H,12-16,18-22,24,37H2,1-4H3,(H,39,41)(H,40,42)/t27-,28?,29-,31?,32-,35?/m1/s1. The van der Waals surface area contributed by atoms with Crippen molar-refractivity contribution in [2.45, 2.75) is 54.7 Å². The number of nitrogens with one attached hydrogen (secondary N) is 2. The van der Waals surface area contributed by atoms with E-state index in [4.69, 9.17) is 48.9 Å². The predicted molar refractivity (Wildman–Crippen MR) is 234 cm³/mol. The number of rotatable bonds is 28. The molecule has 1 aromatic carbocycles. The highest BCUT2D eigenvalue weighted by Crippen LogP contribution is 2.43. The number of amides is 2. The Morgan fingerprint density at radius 2 is 1.92 bits per heavy atom. The number of hydrogen-bond acceptors (Lipinski definition) is 20. The Bertz CT molecular complexity index is 1600. The van der Waals surface area contributed by atoms with Crippen LogP contribution in [0.15, 0.2) is 24.3 Å². The molecule has 1 aromatic rings. The molecule has 0 bridgehead atoms. The fraction of sp³-hybridized carbons (Fsp3) is 0.600. The quantitative estimate of drug-likeness (QED) is 0.0119. The lowest BCUT2D eigenvalue weighted by Crippen LogP contribution is -2.37. The molecular weight excluding hydrogens is 887 g/mol. The van der Waals surface area contributed by atoms with Gasteiger partial charge in [0, 0.05) is 24.7 Å². The van der Waals surface area contributed by atoms with Crippen LogP contribution in [0.5, 0.6) is 5.75 Å². The van der Waals surface area contributed by atoms with E-state index >= 15 is 0 Å². The van der Waals surface area contributed by atoms with Gasteiger partial charge in [-0.2, -0.15) is 11.1 Å². The third kappa shape index (κ3) is 22.4. The lowest BCUT2D eigenvalue weighted by atomic mass is 9.71. The van der Waals surface area contributed by atoms with E-state index in [1.54, 1.807) is 43.9 Å². The summed E-state index contributed by atoms with van der Waals surface area (Å²) in [5, 5.41) is 14.3. The van der Waals surface area contributed by atoms with Crippen LogP contribution in [0.4, 0.5) is 4.79 Å². The van der Waals surface area contributed by atoms with Crippen LogP contribution < -0.4 is 21.1 Å². The second-order valence-electron chi connectivity index (χ2n) is 11.6. The van der Waals surface area contributed by atoms with Crippen molar-refractivity contribution in [3.8, 4) is 34.7 Å². The van der Waals surface area contributed by atoms with Crippen molar-refractivity contribution in [3.05, 3.63) is 29.8 Å². The smallest absolute Gasteiger partial charge is 0.490 e. The van der Waals surface area contributed by atoms with Crippen molar-refractivity contribution >= 4 is 88.6 Å². The highest BCUT2D eigenvalue weighted by molar-refractivity contribution is 8.76. The molecule has 1 saturated heterocycles. The van der Waals surface area contributed by atoms with Gasteiger partial charge < -0.3 is 64.0 Å². The Hall–Kier alpha value is -2.24. The number of nitriles is 1. The van der Waals surface area contributed by atoms with E-state index in [1.807, 2.05) is 12.5 Å². The summed E-state index contributed by atoms with van der Waals surface area (Å²) in [5.74, 6) is 10.8. The number of thiocyanates is 1. The van der Waals surface area contributed by atoms with Gasteiger partial charge in [0.15, 0.2) is 11.3 Å². The average Bonchev–Trinajstić information content (AvgIpc) is 3.60. The molecule has 3 unspecified atom stereocenters. The molecule has 1 fully saturated rings. The van der Waals surface area contributed by atoms with Gasteiger partial charge in [-0.05, 0) is 62.7 Å². The van der Waals surface area contributed by atoms with Crippen LogP contribution in [-0.2, 0) is 38.0 Å². The molecule has 0 saturated carbocycles. The molecule has 6 atom stereocenters. The monoisotopic (exact) mass is 935 g/mol. The van der Waals surface area contributed by atoms with E-state index in [0.717, 1.165) is 11.8 Å². The van der Waals surface area contributed by atoms with E-state index in [-0.39, 0.29) is 69.4 Å². The number of carbonyl (C=O) groups is 3. The maximum absolute atomic E-state index is 12.3. The Kier molecular flexibility index (Phi) is 28.3. The average molecular weight is 936 g/mol. The number of thioether (sulfide) groups is 1. The van der Waals surface area contributed by atoms with Crippen molar-refractivity contribution in [2.75, 3.05) is 77.7 Å². The Morgan fingerprint density at radius 3 is 2.63 bits per heavy atom. The number of ether oxygens (including phenoxy) is 8. The fourth-order valence-electron chi connectivity index (χ4n) is 4.63. The molecule has 59 heavy (non-hydrogen) atoms. The highest BCUT2D eigenvalue weighted by Gasteiger charge is 2.41. The lowest BCUT2D eigenvalue weighted by molar-refractivity contribution is -0.126. The van der Waals surface area contributed by atoms with Gasteiger partial charge in [-0.25, -0.2) is 4.79 Å². The minimum absolute atomic E-state index is 0.0470. The third-order valence-corrected chi connectivity index (χ3v) is 12.4. The van der Waals surface area contributed by atoms with E-state index < -0.39 is 43.5 Å². The second kappa shape index (κ2) is 31.6. The summed E-state index contributed by atoms with van der Waals surface area (Å²) >= 11 is 0.749. The first-order valence-electron chi connectivity index (χ1n) is 17.7. The van der Waals surface area contributed by atoms with E-state index in [9.17, 15) is 24.2 Å². The Balaban J connectivity index is 1.82. The molecule has 325 valence electrons. The van der Waals surface area contributed by atoms with Crippen molar-refractivity contribution in [3.63, 3.8) is 0 Å². The van der Waals surface area contributed by atoms with Gasteiger partial charge >= 0.3 is 6.16 Å². The fourth-order valence-corrected chi connectivity index (χ4v) is 8.18. The molecule has 2 amide bonds. The zero-order chi connectivity index (χ0) is 43.3. The van der Waals surface area contributed by atoms with Crippen molar-refractivity contribution in [2.24, 2.45) is 5.73 Å². The Labute approximate surface area is 367 Å². The van der Waals surface area contributed by atoms with Gasteiger partial charge in [-0.15, -0.1) is 5.92 Å². The Morgan fingerprint density at radius 1 is 1.14 bits per heavy atom. The van der Waals surface area contributed by atoms with Crippen molar-refractivity contribution < 1.29 is 62.1 Å². The van der Waals surface area contributed by atoms with E-state index in [2.05, 4.69) is 34.2 Å². The summed E-state index contributed by atoms with van der Waals surface area (Å²) in [6.45, 7) is 3.94. The van der Waals surface area contributed by atoms with Gasteiger partial charge in [0.2, 0.25) is 14.3 Å². The number of hydrogen-bond donors (Lipinski definition) is 5. The third-order valence-electron chi connectivity index (χ3n) is 7.29. The van der Waals surface area contributed by atoms with E-state index in [0.29, 0.717) is 30.8 Å². The first-order chi connectivity index (χ1) is 28.5. The molecule has 2 rings (SSSR count). The zero-order valence-corrected chi connectivity index (χ0v) is 37.9. The van der Waals surface area contributed by atoms with Gasteiger partial charge in [-0.1, -0.05) is 61.1 Å². The van der Waals surface area contributed by atoms with Crippen LogP contribution in [0.1, 0.15) is 30.6 Å².